The summed E-state index contributed by atoms with van der Waals surface area (Å²) >= 11 is 0.295. The number of benzene rings is 2. The molecule has 10 atom stereocenters. The minimum Gasteiger partial charge on any atom is -0.423 e. The lowest BCUT2D eigenvalue weighted by Gasteiger charge is -2.51. The molecule has 0 saturated carbocycles. The summed E-state index contributed by atoms with van der Waals surface area (Å²) in [5.41, 5.74) is -13.0. The van der Waals surface area contributed by atoms with E-state index in [0.29, 0.717) is 11.8 Å². The lowest BCUT2D eigenvalue weighted by Crippen LogP contribution is -2.70. The molecule has 57 heavy (non-hydrogen) atoms. The van der Waals surface area contributed by atoms with Gasteiger partial charge in [-0.3, -0.25) is 0 Å². The van der Waals surface area contributed by atoms with E-state index in [9.17, 15) is 76.8 Å². The summed E-state index contributed by atoms with van der Waals surface area (Å²) in [4.78, 5) is 25.8. The van der Waals surface area contributed by atoms with Gasteiger partial charge in [-0.2, -0.15) is 0 Å². The molecule has 0 aliphatic carbocycles. The molecule has 2 fully saturated rings. The van der Waals surface area contributed by atoms with Crippen molar-refractivity contribution >= 4 is 33.7 Å². The number of rotatable bonds is 10. The molecule has 0 radical (unpaired) electrons. The number of halogens is 6. The first-order chi connectivity index (χ1) is 26.5. The second-order valence-corrected chi connectivity index (χ2v) is 14.5. The molecule has 2 aliphatic heterocycles. The molecular weight excluding hydrogens is 810 g/mol. The molecule has 4 aromatic rings. The van der Waals surface area contributed by atoms with Crippen LogP contribution in [0.15, 0.2) is 67.0 Å². The molecular formula is C34H32F6O16S. The maximum atomic E-state index is 12.9. The molecule has 8 N–H and O–H groups in total. The highest BCUT2D eigenvalue weighted by Gasteiger charge is 2.59. The van der Waals surface area contributed by atoms with Gasteiger partial charge in [0.05, 0.1) is 13.2 Å². The lowest BCUT2D eigenvalue weighted by atomic mass is 9.80. The number of aliphatic hydroxyl groups excluding tert-OH is 6. The van der Waals surface area contributed by atoms with Crippen molar-refractivity contribution in [3.63, 3.8) is 0 Å². The van der Waals surface area contributed by atoms with Crippen LogP contribution in [0.3, 0.4) is 0 Å². The summed E-state index contributed by atoms with van der Waals surface area (Å²) in [6.07, 6.45) is -24.4. The molecule has 4 heterocycles. The van der Waals surface area contributed by atoms with Gasteiger partial charge in [0.15, 0.2) is 0 Å². The van der Waals surface area contributed by atoms with Gasteiger partial charge < -0.3 is 68.6 Å². The molecule has 0 amide bonds. The number of hydrogen-bond acceptors (Lipinski definition) is 17. The summed E-state index contributed by atoms with van der Waals surface area (Å²) in [7, 11) is 0. The first-order valence-corrected chi connectivity index (χ1v) is 17.5. The molecule has 2 aromatic heterocycles. The normalized spacial score (nSPS) is 31.1. The monoisotopic (exact) mass is 842 g/mol. The predicted octanol–water partition coefficient (Wildman–Crippen LogP) is 0.555. The van der Waals surface area contributed by atoms with Crippen LogP contribution in [-0.2, 0) is 22.3 Å². The van der Waals surface area contributed by atoms with Gasteiger partial charge in [-0.1, -0.05) is 11.8 Å². The fraction of sp³-hybridized carbons (Fsp3) is 0.471. The third-order valence-corrected chi connectivity index (χ3v) is 10.8. The Kier molecular flexibility index (Phi) is 11.7. The molecule has 2 aliphatic rings. The van der Waals surface area contributed by atoms with E-state index < -0.39 is 131 Å². The smallest absolute Gasteiger partial charge is 0.423 e. The highest BCUT2D eigenvalue weighted by atomic mass is 32.2. The SMILES string of the molecule is O=c1oc2ccc(OC(F)(F)F)cc2cc1C[C@]1(O)[C@@H](O)[C@@H](CO)O[C@@H](S[C@@H]2O[C@H](CO)[C@H](O)[C@@](O)(Cc3cc4cc(OC(F)(F)F)ccc4oc3=O)[C@H]2O)[C@@H]1O. The molecule has 2 aromatic carbocycles. The first kappa shape index (κ1) is 42.6. The van der Waals surface area contributed by atoms with Gasteiger partial charge in [-0.05, 0) is 48.5 Å². The molecule has 312 valence electrons. The number of alkyl halides is 6. The maximum absolute atomic E-state index is 12.9. The van der Waals surface area contributed by atoms with Crippen LogP contribution in [0.1, 0.15) is 11.1 Å². The van der Waals surface area contributed by atoms with E-state index in [-0.39, 0.29) is 21.9 Å². The number of aliphatic hydroxyl groups is 8. The van der Waals surface area contributed by atoms with Crippen molar-refractivity contribution < 1.29 is 95.0 Å². The Morgan fingerprint density at radius 1 is 0.614 bits per heavy atom. The highest BCUT2D eigenvalue weighted by molar-refractivity contribution is 8.00. The van der Waals surface area contributed by atoms with Crippen LogP contribution in [-0.4, -0.2) is 125 Å². The summed E-state index contributed by atoms with van der Waals surface area (Å²) in [5.74, 6) is -1.39. The average Bonchev–Trinajstić information content (AvgIpc) is 3.12. The first-order valence-electron chi connectivity index (χ1n) is 16.6. The molecule has 0 bridgehead atoms. The Labute approximate surface area is 318 Å². The van der Waals surface area contributed by atoms with Crippen molar-refractivity contribution in [1.82, 2.24) is 0 Å². The number of hydrogen-bond donors (Lipinski definition) is 8. The Morgan fingerprint density at radius 3 is 1.32 bits per heavy atom. The Morgan fingerprint density at radius 2 is 0.982 bits per heavy atom. The van der Waals surface area contributed by atoms with Crippen LogP contribution in [0.25, 0.3) is 21.9 Å². The van der Waals surface area contributed by atoms with Crippen molar-refractivity contribution in [2.45, 2.75) is 84.3 Å². The van der Waals surface area contributed by atoms with Crippen LogP contribution in [0.5, 0.6) is 11.5 Å². The van der Waals surface area contributed by atoms with Gasteiger partial charge in [0.25, 0.3) is 0 Å². The van der Waals surface area contributed by atoms with Gasteiger partial charge in [0, 0.05) is 34.7 Å². The lowest BCUT2D eigenvalue weighted by molar-refractivity contribution is -0.275. The van der Waals surface area contributed by atoms with Crippen molar-refractivity contribution in [3.8, 4) is 11.5 Å². The predicted molar refractivity (Wildman–Crippen MR) is 179 cm³/mol. The van der Waals surface area contributed by atoms with Crippen molar-refractivity contribution in [3.05, 3.63) is 80.5 Å². The van der Waals surface area contributed by atoms with Crippen LogP contribution in [0, 0.1) is 0 Å². The second-order valence-electron chi connectivity index (χ2n) is 13.3. The number of fused-ring (bicyclic) bond motifs is 2. The van der Waals surface area contributed by atoms with E-state index in [1.807, 2.05) is 0 Å². The Bertz CT molecular complexity index is 2060. The minimum absolute atomic E-state index is 0.127. The van der Waals surface area contributed by atoms with Crippen LogP contribution in [0.4, 0.5) is 26.3 Å². The van der Waals surface area contributed by atoms with Gasteiger partial charge in [0.2, 0.25) is 0 Å². The van der Waals surface area contributed by atoms with E-state index in [1.165, 1.54) is 0 Å². The van der Waals surface area contributed by atoms with Gasteiger partial charge in [-0.15, -0.1) is 26.3 Å². The number of ether oxygens (including phenoxy) is 4. The zero-order valence-corrected chi connectivity index (χ0v) is 29.4. The molecule has 2 saturated heterocycles. The van der Waals surface area contributed by atoms with E-state index in [4.69, 9.17) is 18.3 Å². The molecule has 6 rings (SSSR count). The third kappa shape index (κ3) is 8.73. The summed E-state index contributed by atoms with van der Waals surface area (Å²) in [6.45, 7) is -2.05. The molecule has 23 heteroatoms. The zero-order valence-electron chi connectivity index (χ0n) is 28.6. The fourth-order valence-electron chi connectivity index (χ4n) is 6.70. The summed E-state index contributed by atoms with van der Waals surface area (Å²) < 4.78 is 106. The second kappa shape index (κ2) is 15.6. The standard InChI is InChI=1S/C34H32F6O16S/c35-33(36,37)55-17-1-3-19-13(7-17)5-15(27(47)51-19)9-31(49)23(43)21(11-41)53-29(25(31)45)57-30-26(46)32(50,24(44)22(12-42)54-30)10-16-6-14-8-18(56-34(38,39)40)2-4-20(14)52-28(16)48/h1-8,21-26,29-30,41-46,49-50H,9-12H2/t21-,22-,23+,24+,25+,26+,29+,30+,31+,32+/m1/s1. The Hall–Kier alpha value is -4.01. The minimum atomic E-state index is -5.07. The van der Waals surface area contributed by atoms with Gasteiger partial charge in [-0.25, -0.2) is 9.59 Å². The van der Waals surface area contributed by atoms with Crippen LogP contribution < -0.4 is 20.7 Å². The van der Waals surface area contributed by atoms with E-state index in [1.54, 1.807) is 0 Å². The average molecular weight is 843 g/mol. The fourth-order valence-corrected chi connectivity index (χ4v) is 8.14. The van der Waals surface area contributed by atoms with E-state index in [2.05, 4.69) is 9.47 Å². The van der Waals surface area contributed by atoms with Gasteiger partial charge >= 0.3 is 24.0 Å². The number of thioether (sulfide) groups is 1. The van der Waals surface area contributed by atoms with Crippen LogP contribution >= 0.6 is 11.8 Å². The van der Waals surface area contributed by atoms with Crippen molar-refractivity contribution in [2.24, 2.45) is 0 Å². The third-order valence-electron chi connectivity index (χ3n) is 9.48. The molecule has 16 nitrogen and oxygen atoms in total. The summed E-state index contributed by atoms with van der Waals surface area (Å²) in [5, 5.41) is 88.3. The zero-order chi connectivity index (χ0) is 41.8. The molecule has 0 spiro atoms. The molecule has 0 unspecified atom stereocenters. The van der Waals surface area contributed by atoms with Crippen molar-refractivity contribution in [2.75, 3.05) is 13.2 Å². The van der Waals surface area contributed by atoms with E-state index >= 15 is 0 Å². The van der Waals surface area contributed by atoms with Crippen molar-refractivity contribution in [1.29, 1.82) is 0 Å². The Balaban J connectivity index is 1.29. The quantitative estimate of drug-likeness (QED) is 0.0801. The largest absolute Gasteiger partial charge is 0.573 e. The maximum Gasteiger partial charge on any atom is 0.573 e. The van der Waals surface area contributed by atoms with Gasteiger partial charge in [0.1, 0.15) is 81.4 Å². The highest BCUT2D eigenvalue weighted by Crippen LogP contribution is 2.44. The van der Waals surface area contributed by atoms with E-state index in [0.717, 1.165) is 48.5 Å². The summed E-state index contributed by atoms with van der Waals surface area (Å²) in [6, 6.07) is 7.49. The topological polar surface area (TPSA) is 259 Å². The van der Waals surface area contributed by atoms with Crippen LogP contribution in [0.2, 0.25) is 0 Å².